The maximum atomic E-state index is 11.0. The monoisotopic (exact) mass is 317 g/mol. The lowest BCUT2D eigenvalue weighted by molar-refractivity contribution is -0.670. The molecule has 2 rings (SSSR count). The van der Waals surface area contributed by atoms with Gasteiger partial charge in [0.2, 0.25) is 0 Å². The zero-order valence-corrected chi connectivity index (χ0v) is 13.3. The first kappa shape index (κ1) is 16.8. The SMILES string of the molecule is COc1ccc(CC[NH2+]Cc2ccccc2[N+](=O)[O-])cc1OC. The Kier molecular flexibility index (Phi) is 5.94. The van der Waals surface area contributed by atoms with E-state index in [9.17, 15) is 10.1 Å². The predicted octanol–water partition coefficient (Wildman–Crippen LogP) is 1.92. The molecule has 0 fully saturated rings. The van der Waals surface area contributed by atoms with Crippen molar-refractivity contribution >= 4 is 5.69 Å². The molecule has 0 saturated carbocycles. The minimum Gasteiger partial charge on any atom is -0.493 e. The van der Waals surface area contributed by atoms with Gasteiger partial charge in [-0.2, -0.15) is 0 Å². The Morgan fingerprint density at radius 2 is 1.83 bits per heavy atom. The first-order chi connectivity index (χ1) is 11.2. The van der Waals surface area contributed by atoms with E-state index in [1.54, 1.807) is 26.4 Å². The molecule has 122 valence electrons. The van der Waals surface area contributed by atoms with E-state index in [0.717, 1.165) is 24.1 Å². The first-order valence-corrected chi connectivity index (χ1v) is 7.40. The molecule has 0 aliphatic rings. The quantitative estimate of drug-likeness (QED) is 0.458. The largest absolute Gasteiger partial charge is 0.493 e. The highest BCUT2D eigenvalue weighted by Gasteiger charge is 2.13. The summed E-state index contributed by atoms with van der Waals surface area (Å²) in [6.45, 7) is 1.42. The van der Waals surface area contributed by atoms with Crippen molar-refractivity contribution in [3.63, 3.8) is 0 Å². The molecule has 2 N–H and O–H groups in total. The van der Waals surface area contributed by atoms with Gasteiger partial charge in [0.15, 0.2) is 11.5 Å². The van der Waals surface area contributed by atoms with Crippen LogP contribution in [-0.2, 0) is 13.0 Å². The zero-order chi connectivity index (χ0) is 16.7. The molecule has 0 aromatic heterocycles. The Balaban J connectivity index is 1.90. The van der Waals surface area contributed by atoms with Crippen LogP contribution in [0.15, 0.2) is 42.5 Å². The second kappa shape index (κ2) is 8.14. The van der Waals surface area contributed by atoms with Gasteiger partial charge in [0.05, 0.1) is 31.3 Å². The van der Waals surface area contributed by atoms with Gasteiger partial charge in [-0.15, -0.1) is 0 Å². The molecule has 6 nitrogen and oxygen atoms in total. The Hall–Kier alpha value is -2.60. The average molecular weight is 317 g/mol. The fourth-order valence-electron chi connectivity index (χ4n) is 2.42. The number of para-hydroxylation sites is 1. The summed E-state index contributed by atoms with van der Waals surface area (Å²) in [4.78, 5) is 10.6. The van der Waals surface area contributed by atoms with Crippen molar-refractivity contribution in [1.82, 2.24) is 0 Å². The van der Waals surface area contributed by atoms with E-state index in [1.807, 2.05) is 24.3 Å². The predicted molar refractivity (Wildman–Crippen MR) is 86.8 cm³/mol. The molecule has 0 aliphatic heterocycles. The fourth-order valence-corrected chi connectivity index (χ4v) is 2.42. The summed E-state index contributed by atoms with van der Waals surface area (Å²) in [5, 5.41) is 13.0. The minimum atomic E-state index is -0.336. The smallest absolute Gasteiger partial charge is 0.278 e. The van der Waals surface area contributed by atoms with E-state index < -0.39 is 0 Å². The number of nitro groups is 1. The summed E-state index contributed by atoms with van der Waals surface area (Å²) < 4.78 is 10.5. The van der Waals surface area contributed by atoms with Gasteiger partial charge in [-0.05, 0) is 23.8 Å². The third kappa shape index (κ3) is 4.43. The molecule has 0 saturated heterocycles. The Morgan fingerprint density at radius 3 is 2.52 bits per heavy atom. The maximum absolute atomic E-state index is 11.0. The van der Waals surface area contributed by atoms with E-state index in [1.165, 1.54) is 6.07 Å². The normalized spacial score (nSPS) is 10.3. The van der Waals surface area contributed by atoms with E-state index in [4.69, 9.17) is 9.47 Å². The van der Waals surface area contributed by atoms with Crippen LogP contribution in [0.4, 0.5) is 5.69 Å². The number of nitro benzene ring substituents is 1. The lowest BCUT2D eigenvalue weighted by atomic mass is 10.1. The van der Waals surface area contributed by atoms with Gasteiger partial charge in [-0.3, -0.25) is 10.1 Å². The van der Waals surface area contributed by atoms with Gasteiger partial charge in [0.25, 0.3) is 5.69 Å². The second-order valence-corrected chi connectivity index (χ2v) is 5.11. The summed E-state index contributed by atoms with van der Waals surface area (Å²) >= 11 is 0. The third-order valence-corrected chi connectivity index (χ3v) is 3.64. The Morgan fingerprint density at radius 1 is 1.09 bits per heavy atom. The van der Waals surface area contributed by atoms with Crippen molar-refractivity contribution in [3.05, 3.63) is 63.7 Å². The number of ether oxygens (including phenoxy) is 2. The van der Waals surface area contributed by atoms with E-state index in [0.29, 0.717) is 18.0 Å². The number of rotatable bonds is 8. The second-order valence-electron chi connectivity index (χ2n) is 5.11. The highest BCUT2D eigenvalue weighted by atomic mass is 16.6. The van der Waals surface area contributed by atoms with Crippen molar-refractivity contribution in [2.24, 2.45) is 0 Å². The van der Waals surface area contributed by atoms with Gasteiger partial charge in [-0.1, -0.05) is 18.2 Å². The van der Waals surface area contributed by atoms with Crippen LogP contribution in [-0.4, -0.2) is 25.7 Å². The van der Waals surface area contributed by atoms with E-state index >= 15 is 0 Å². The number of hydrogen-bond acceptors (Lipinski definition) is 4. The lowest BCUT2D eigenvalue weighted by Gasteiger charge is -2.09. The highest BCUT2D eigenvalue weighted by Crippen LogP contribution is 2.27. The van der Waals surface area contributed by atoms with Gasteiger partial charge < -0.3 is 14.8 Å². The lowest BCUT2D eigenvalue weighted by Crippen LogP contribution is -2.83. The molecule has 0 amide bonds. The van der Waals surface area contributed by atoms with Crippen LogP contribution >= 0.6 is 0 Å². The number of quaternary nitrogens is 1. The molecule has 6 heteroatoms. The van der Waals surface area contributed by atoms with Crippen molar-refractivity contribution < 1.29 is 19.7 Å². The summed E-state index contributed by atoms with van der Waals surface area (Å²) in [6, 6.07) is 12.7. The van der Waals surface area contributed by atoms with Gasteiger partial charge >= 0.3 is 0 Å². The van der Waals surface area contributed by atoms with Crippen LogP contribution in [0.25, 0.3) is 0 Å². The summed E-state index contributed by atoms with van der Waals surface area (Å²) in [7, 11) is 3.22. The molecule has 0 bridgehead atoms. The molecular formula is C17H21N2O4+. The van der Waals surface area contributed by atoms with Crippen LogP contribution in [0.2, 0.25) is 0 Å². The molecule has 0 spiro atoms. The number of nitrogens with zero attached hydrogens (tertiary/aromatic N) is 1. The highest BCUT2D eigenvalue weighted by molar-refractivity contribution is 5.43. The summed E-state index contributed by atoms with van der Waals surface area (Å²) in [5.74, 6) is 1.42. The van der Waals surface area contributed by atoms with Crippen molar-refractivity contribution in [2.75, 3.05) is 20.8 Å². The maximum Gasteiger partial charge on any atom is 0.278 e. The Bertz CT molecular complexity index is 673. The minimum absolute atomic E-state index is 0.176. The average Bonchev–Trinajstić information content (AvgIpc) is 2.58. The van der Waals surface area contributed by atoms with Crippen molar-refractivity contribution in [1.29, 1.82) is 0 Å². The van der Waals surface area contributed by atoms with Gasteiger partial charge in [0, 0.05) is 12.5 Å². The number of hydrogen-bond donors (Lipinski definition) is 1. The van der Waals surface area contributed by atoms with Crippen LogP contribution < -0.4 is 14.8 Å². The molecule has 0 aliphatic carbocycles. The Labute approximate surface area is 135 Å². The molecule has 0 atom stereocenters. The van der Waals surface area contributed by atoms with Crippen LogP contribution in [0.3, 0.4) is 0 Å². The standard InChI is InChI=1S/C17H20N2O4/c1-22-16-8-7-13(11-17(16)23-2)9-10-18-12-14-5-3-4-6-15(14)19(20)21/h3-8,11,18H,9-10,12H2,1-2H3/p+1. The van der Waals surface area contributed by atoms with Crippen LogP contribution in [0, 0.1) is 10.1 Å². The van der Waals surface area contributed by atoms with Crippen LogP contribution in [0.1, 0.15) is 11.1 Å². The topological polar surface area (TPSA) is 78.2 Å². The molecule has 23 heavy (non-hydrogen) atoms. The van der Waals surface area contributed by atoms with E-state index in [2.05, 4.69) is 5.32 Å². The first-order valence-electron chi connectivity index (χ1n) is 7.40. The van der Waals surface area contributed by atoms with Crippen LogP contribution in [0.5, 0.6) is 11.5 Å². The van der Waals surface area contributed by atoms with E-state index in [-0.39, 0.29) is 10.6 Å². The van der Waals surface area contributed by atoms with Crippen molar-refractivity contribution in [3.8, 4) is 11.5 Å². The molecule has 2 aromatic carbocycles. The molecule has 0 heterocycles. The number of methoxy groups -OCH3 is 2. The fraction of sp³-hybridized carbons (Fsp3) is 0.294. The zero-order valence-electron chi connectivity index (χ0n) is 13.3. The van der Waals surface area contributed by atoms with Gasteiger partial charge in [0.1, 0.15) is 6.54 Å². The summed E-state index contributed by atoms with van der Waals surface area (Å²) in [5.41, 5.74) is 2.06. The van der Waals surface area contributed by atoms with Crippen molar-refractivity contribution in [2.45, 2.75) is 13.0 Å². The number of benzene rings is 2. The number of nitrogens with two attached hydrogens (primary N) is 1. The molecule has 2 aromatic rings. The molecule has 0 unspecified atom stereocenters. The molecular weight excluding hydrogens is 296 g/mol. The summed E-state index contributed by atoms with van der Waals surface area (Å²) in [6.07, 6.45) is 0.848. The third-order valence-electron chi connectivity index (χ3n) is 3.64. The molecule has 0 radical (unpaired) electrons. The van der Waals surface area contributed by atoms with Gasteiger partial charge in [-0.25, -0.2) is 0 Å².